The van der Waals surface area contributed by atoms with Gasteiger partial charge in [0.1, 0.15) is 11.0 Å². The molecule has 0 aromatic heterocycles. The van der Waals surface area contributed by atoms with Crippen LogP contribution < -0.4 is 0 Å². The van der Waals surface area contributed by atoms with Crippen LogP contribution in [0.15, 0.2) is 23.7 Å². The molecule has 2 amide bonds. The Labute approximate surface area is 152 Å². The van der Waals surface area contributed by atoms with Crippen LogP contribution in [0.2, 0.25) is 0 Å². The fourth-order valence-corrected chi connectivity index (χ4v) is 3.87. The molecule has 6 heteroatoms. The maximum Gasteiger partial charge on any atom is 0.419 e. The Morgan fingerprint density at radius 3 is 1.88 bits per heavy atom. The minimum Gasteiger partial charge on any atom is -0.507 e. The van der Waals surface area contributed by atoms with Crippen molar-refractivity contribution >= 4 is 23.8 Å². The maximum atomic E-state index is 12.6. The monoisotopic (exact) mass is 363 g/mol. The van der Waals surface area contributed by atoms with Crippen molar-refractivity contribution in [2.24, 2.45) is 0 Å². The van der Waals surface area contributed by atoms with Gasteiger partial charge in [-0.25, -0.2) is 9.69 Å². The lowest BCUT2D eigenvalue weighted by molar-refractivity contribution is -0.125. The molecule has 25 heavy (non-hydrogen) atoms. The first kappa shape index (κ1) is 19.4. The number of nitrogens with zero attached hydrogens (tertiary/aromatic N) is 1. The summed E-state index contributed by atoms with van der Waals surface area (Å²) >= 11 is 1.13. The zero-order valence-electron chi connectivity index (χ0n) is 15.5. The Bertz CT molecular complexity index is 721. The Morgan fingerprint density at radius 1 is 1.12 bits per heavy atom. The highest BCUT2D eigenvalue weighted by atomic mass is 32.2. The standard InChI is InChI=1S/C19H25NO4S/c1-10-20(17(23)24)16(22)15(25-10)11-8-12(18(2,3)4)14(21)13(9-11)19(5,6)7/h8-9,15,21H,1H2,2-7H3,(H,23,24). The molecule has 1 aliphatic rings. The number of imide groups is 1. The van der Waals surface area contributed by atoms with Gasteiger partial charge < -0.3 is 10.2 Å². The zero-order valence-corrected chi connectivity index (χ0v) is 16.3. The van der Waals surface area contributed by atoms with Gasteiger partial charge in [0.25, 0.3) is 5.91 Å². The lowest BCUT2D eigenvalue weighted by Crippen LogP contribution is -2.30. The summed E-state index contributed by atoms with van der Waals surface area (Å²) in [6.45, 7) is 15.6. The van der Waals surface area contributed by atoms with E-state index in [4.69, 9.17) is 0 Å². The van der Waals surface area contributed by atoms with E-state index < -0.39 is 17.3 Å². The van der Waals surface area contributed by atoms with Crippen LogP contribution in [0.5, 0.6) is 5.75 Å². The van der Waals surface area contributed by atoms with Crippen molar-refractivity contribution in [3.8, 4) is 5.75 Å². The predicted octanol–water partition coefficient (Wildman–Crippen LogP) is 4.75. The van der Waals surface area contributed by atoms with Gasteiger partial charge in [-0.1, -0.05) is 59.9 Å². The third-order valence-corrected chi connectivity index (χ3v) is 5.35. The lowest BCUT2D eigenvalue weighted by atomic mass is 9.78. The fraction of sp³-hybridized carbons (Fsp3) is 0.474. The topological polar surface area (TPSA) is 77.8 Å². The van der Waals surface area contributed by atoms with Crippen molar-refractivity contribution in [3.63, 3.8) is 0 Å². The van der Waals surface area contributed by atoms with Crippen molar-refractivity contribution < 1.29 is 19.8 Å². The summed E-state index contributed by atoms with van der Waals surface area (Å²) in [6, 6.07) is 3.61. The highest BCUT2D eigenvalue weighted by Crippen LogP contribution is 2.48. The quantitative estimate of drug-likeness (QED) is 0.752. The maximum absolute atomic E-state index is 12.6. The molecule has 1 aromatic carbocycles. The van der Waals surface area contributed by atoms with E-state index in [1.807, 2.05) is 41.5 Å². The van der Waals surface area contributed by atoms with E-state index in [1.165, 1.54) is 0 Å². The molecule has 0 spiro atoms. The van der Waals surface area contributed by atoms with Crippen LogP contribution in [0.25, 0.3) is 0 Å². The first-order valence-corrected chi connectivity index (χ1v) is 8.93. The van der Waals surface area contributed by atoms with Crippen molar-refractivity contribution in [2.45, 2.75) is 57.6 Å². The second-order valence-electron chi connectivity index (χ2n) is 8.31. The van der Waals surface area contributed by atoms with Crippen LogP contribution in [0.3, 0.4) is 0 Å². The number of thioether (sulfide) groups is 1. The molecule has 2 N–H and O–H groups in total. The van der Waals surface area contributed by atoms with Crippen LogP contribution in [-0.4, -0.2) is 27.1 Å². The van der Waals surface area contributed by atoms with Crippen LogP contribution in [0.1, 0.15) is 63.5 Å². The van der Waals surface area contributed by atoms with Crippen molar-refractivity contribution in [2.75, 3.05) is 0 Å². The molecule has 1 fully saturated rings. The van der Waals surface area contributed by atoms with Gasteiger partial charge in [-0.15, -0.1) is 0 Å². The highest BCUT2D eigenvalue weighted by Gasteiger charge is 2.41. The van der Waals surface area contributed by atoms with Gasteiger partial charge in [-0.2, -0.15) is 0 Å². The Kier molecular flexibility index (Phi) is 4.72. The van der Waals surface area contributed by atoms with Gasteiger partial charge in [-0.3, -0.25) is 4.79 Å². The van der Waals surface area contributed by atoms with E-state index in [0.717, 1.165) is 22.9 Å². The third-order valence-electron chi connectivity index (χ3n) is 4.19. The highest BCUT2D eigenvalue weighted by molar-refractivity contribution is 8.04. The molecule has 5 nitrogen and oxygen atoms in total. The van der Waals surface area contributed by atoms with E-state index in [2.05, 4.69) is 6.58 Å². The number of carbonyl (C=O) groups is 2. The molecule has 1 unspecified atom stereocenters. The van der Waals surface area contributed by atoms with E-state index >= 15 is 0 Å². The van der Waals surface area contributed by atoms with E-state index in [1.54, 1.807) is 12.1 Å². The Morgan fingerprint density at radius 2 is 1.56 bits per heavy atom. The number of hydrogen-bond acceptors (Lipinski definition) is 4. The molecule has 0 bridgehead atoms. The average Bonchev–Trinajstić information content (AvgIpc) is 2.71. The van der Waals surface area contributed by atoms with Crippen molar-refractivity contribution in [1.29, 1.82) is 0 Å². The van der Waals surface area contributed by atoms with Crippen LogP contribution >= 0.6 is 11.8 Å². The second-order valence-corrected chi connectivity index (χ2v) is 9.49. The molecule has 0 radical (unpaired) electrons. The smallest absolute Gasteiger partial charge is 0.419 e. The van der Waals surface area contributed by atoms with Crippen molar-refractivity contribution in [1.82, 2.24) is 4.90 Å². The Balaban J connectivity index is 2.65. The first-order valence-electron chi connectivity index (χ1n) is 8.05. The van der Waals surface area contributed by atoms with Crippen LogP contribution in [-0.2, 0) is 15.6 Å². The molecule has 136 valence electrons. The van der Waals surface area contributed by atoms with Crippen LogP contribution in [0.4, 0.5) is 4.79 Å². The molecule has 0 saturated carbocycles. The number of carbonyl (C=O) groups excluding carboxylic acids is 1. The molecular weight excluding hydrogens is 338 g/mol. The number of hydrogen-bond donors (Lipinski definition) is 2. The molecule has 1 aliphatic heterocycles. The summed E-state index contributed by atoms with van der Waals surface area (Å²) in [5, 5.41) is 19.5. The molecule has 1 heterocycles. The molecule has 0 aliphatic carbocycles. The van der Waals surface area contributed by atoms with Gasteiger partial charge in [-0.05, 0) is 39.7 Å². The molecule has 1 aromatic rings. The zero-order chi connectivity index (χ0) is 19.3. The van der Waals surface area contributed by atoms with Gasteiger partial charge in [0.05, 0.1) is 5.03 Å². The number of phenolic OH excluding ortho intramolecular Hbond substituents is 1. The summed E-state index contributed by atoms with van der Waals surface area (Å²) in [7, 11) is 0. The van der Waals surface area contributed by atoms with E-state index in [9.17, 15) is 19.8 Å². The number of carboxylic acid groups (broad SMARTS) is 1. The Hall–Kier alpha value is -1.95. The number of amides is 2. The van der Waals surface area contributed by atoms with Gasteiger partial charge >= 0.3 is 6.09 Å². The van der Waals surface area contributed by atoms with Crippen molar-refractivity contribution in [3.05, 3.63) is 40.4 Å². The summed E-state index contributed by atoms with van der Waals surface area (Å²) in [6.07, 6.45) is -1.32. The largest absolute Gasteiger partial charge is 0.507 e. The molecular formula is C19H25NO4S. The summed E-state index contributed by atoms with van der Waals surface area (Å²) in [4.78, 5) is 24.6. The van der Waals surface area contributed by atoms with E-state index in [-0.39, 0.29) is 21.6 Å². The minimum absolute atomic E-state index is 0.199. The molecule has 2 rings (SSSR count). The normalized spacial score (nSPS) is 18.8. The first-order chi connectivity index (χ1) is 11.2. The third kappa shape index (κ3) is 3.54. The number of aromatic hydroxyl groups is 1. The number of benzene rings is 1. The van der Waals surface area contributed by atoms with Gasteiger partial charge in [0, 0.05) is 0 Å². The van der Waals surface area contributed by atoms with Gasteiger partial charge in [0.15, 0.2) is 0 Å². The van der Waals surface area contributed by atoms with E-state index in [0.29, 0.717) is 10.5 Å². The predicted molar refractivity (Wildman–Crippen MR) is 99.8 cm³/mol. The lowest BCUT2D eigenvalue weighted by Gasteiger charge is -2.28. The van der Waals surface area contributed by atoms with Gasteiger partial charge in [0.2, 0.25) is 0 Å². The number of rotatable bonds is 1. The molecule has 1 saturated heterocycles. The SMILES string of the molecule is C=C1SC(c2cc(C(C)(C)C)c(O)c(C(C)(C)C)c2)C(=O)N1C(=O)O. The average molecular weight is 363 g/mol. The summed E-state index contributed by atoms with van der Waals surface area (Å²) in [5.74, 6) is -0.291. The fourth-order valence-electron chi connectivity index (χ4n) is 2.84. The minimum atomic E-state index is -1.32. The summed E-state index contributed by atoms with van der Waals surface area (Å²) < 4.78 is 0. The molecule has 1 atom stereocenters. The van der Waals surface area contributed by atoms with Crippen LogP contribution in [0, 0.1) is 0 Å². The summed E-state index contributed by atoms with van der Waals surface area (Å²) in [5.41, 5.74) is 1.52. The number of phenols is 1. The second kappa shape index (κ2) is 6.09.